The molecule has 4 aromatic rings. The molecule has 8 heteroatoms. The number of nitrogens with zero attached hydrogens (tertiary/aromatic N) is 3. The number of pyridine rings is 1. The molecule has 6 nitrogen and oxygen atoms in total. The van der Waals surface area contributed by atoms with E-state index in [2.05, 4.69) is 37.2 Å². The van der Waals surface area contributed by atoms with Crippen LogP contribution in [-0.4, -0.2) is 32.0 Å². The number of halogens is 1. The van der Waals surface area contributed by atoms with Gasteiger partial charge in [0.1, 0.15) is 0 Å². The van der Waals surface area contributed by atoms with E-state index in [1.54, 1.807) is 6.20 Å². The number of amides is 1. The van der Waals surface area contributed by atoms with Crippen molar-refractivity contribution in [1.82, 2.24) is 19.8 Å². The molecule has 1 aliphatic rings. The number of thiocarbonyl (C=S) groups is 1. The molecule has 0 radical (unpaired) electrons. The van der Waals surface area contributed by atoms with Crippen molar-refractivity contribution in [3.8, 4) is 5.69 Å². The number of aryl methyl sites for hydroxylation is 3. The van der Waals surface area contributed by atoms with E-state index in [0.29, 0.717) is 18.1 Å². The monoisotopic (exact) mass is 543 g/mol. The predicted molar refractivity (Wildman–Crippen MR) is 157 cm³/mol. The van der Waals surface area contributed by atoms with E-state index in [-0.39, 0.29) is 18.0 Å². The summed E-state index contributed by atoms with van der Waals surface area (Å²) in [5.41, 5.74) is 6.93. The largest absolute Gasteiger partial charge is 0.352 e. The highest BCUT2D eigenvalue weighted by Crippen LogP contribution is 2.39. The van der Waals surface area contributed by atoms with Gasteiger partial charge in [-0.05, 0) is 98.2 Å². The molecule has 2 atom stereocenters. The summed E-state index contributed by atoms with van der Waals surface area (Å²) in [6, 6.07) is 21.7. The number of aromatic nitrogens is 2. The fraction of sp³-hybridized carbons (Fsp3) is 0.233. The van der Waals surface area contributed by atoms with Crippen LogP contribution < -0.4 is 10.6 Å². The van der Waals surface area contributed by atoms with Crippen molar-refractivity contribution in [2.75, 3.05) is 11.9 Å². The van der Waals surface area contributed by atoms with Gasteiger partial charge in [-0.2, -0.15) is 0 Å². The molecule has 3 heterocycles. The summed E-state index contributed by atoms with van der Waals surface area (Å²) in [6.45, 7) is 6.47. The topological polar surface area (TPSA) is 62.2 Å². The summed E-state index contributed by atoms with van der Waals surface area (Å²) in [5.74, 6) is -0.0507. The maximum absolute atomic E-state index is 13.0. The Bertz CT molecular complexity index is 1490. The Morgan fingerprint density at radius 2 is 1.89 bits per heavy atom. The first-order valence-corrected chi connectivity index (χ1v) is 13.4. The third-order valence-electron chi connectivity index (χ3n) is 6.95. The summed E-state index contributed by atoms with van der Waals surface area (Å²) in [6.07, 6.45) is 4.13. The second-order valence-corrected chi connectivity index (χ2v) is 10.5. The van der Waals surface area contributed by atoms with E-state index in [9.17, 15) is 4.79 Å². The lowest BCUT2D eigenvalue weighted by molar-refractivity contribution is -0.116. The van der Waals surface area contributed by atoms with Crippen LogP contribution in [0.5, 0.6) is 0 Å². The molecule has 2 N–H and O–H groups in total. The SMILES string of the molecule is Cc1ccc(C)c(NC(=O)CCN2C(=S)NC(c3ccccn3)C2c2cccn2-c2ccc(Cl)c(C)c2)c1. The van der Waals surface area contributed by atoms with Crippen molar-refractivity contribution in [2.45, 2.75) is 39.3 Å². The van der Waals surface area contributed by atoms with Crippen molar-refractivity contribution in [3.05, 3.63) is 112 Å². The van der Waals surface area contributed by atoms with Gasteiger partial charge in [0.25, 0.3) is 0 Å². The first kappa shape index (κ1) is 25.9. The number of hydrogen-bond acceptors (Lipinski definition) is 3. The van der Waals surface area contributed by atoms with Gasteiger partial charge in [0.05, 0.1) is 17.8 Å². The quantitative estimate of drug-likeness (QED) is 0.262. The van der Waals surface area contributed by atoms with Gasteiger partial charge in [-0.1, -0.05) is 29.8 Å². The molecule has 2 aromatic heterocycles. The van der Waals surface area contributed by atoms with Crippen LogP contribution in [-0.2, 0) is 4.79 Å². The lowest BCUT2D eigenvalue weighted by Gasteiger charge is -2.29. The third-order valence-corrected chi connectivity index (χ3v) is 7.72. The number of benzene rings is 2. The Labute approximate surface area is 233 Å². The second-order valence-electron chi connectivity index (χ2n) is 9.67. The van der Waals surface area contributed by atoms with Crippen LogP contribution in [0.15, 0.2) is 79.1 Å². The van der Waals surface area contributed by atoms with Crippen LogP contribution in [0.3, 0.4) is 0 Å². The van der Waals surface area contributed by atoms with E-state index in [1.165, 1.54) is 0 Å². The molecular weight excluding hydrogens is 514 g/mol. The Hall–Kier alpha value is -3.68. The molecule has 1 saturated heterocycles. The van der Waals surface area contributed by atoms with Gasteiger partial charge in [0.15, 0.2) is 5.11 Å². The first-order chi connectivity index (χ1) is 18.3. The van der Waals surface area contributed by atoms with Gasteiger partial charge < -0.3 is 20.1 Å². The van der Waals surface area contributed by atoms with Gasteiger partial charge in [-0.25, -0.2) is 0 Å². The molecule has 2 unspecified atom stereocenters. The standard InChI is InChI=1S/C30H30ClN5OS/c1-19-9-10-20(2)25(17-19)33-27(37)13-16-36-29(28(34-30(36)38)24-7-4-5-14-32-24)26-8-6-15-35(26)22-11-12-23(31)21(3)18-22/h4-12,14-15,17-18,28-29H,13,16H2,1-3H3,(H,33,37)(H,34,38). The second kappa shape index (κ2) is 11.0. The predicted octanol–water partition coefficient (Wildman–Crippen LogP) is 6.45. The number of carbonyl (C=O) groups excluding carboxylic acids is 1. The number of rotatable bonds is 7. The molecule has 1 aliphatic heterocycles. The van der Waals surface area contributed by atoms with Crippen LogP contribution in [0.1, 0.15) is 46.6 Å². The highest BCUT2D eigenvalue weighted by molar-refractivity contribution is 7.80. The molecule has 0 spiro atoms. The normalized spacial score (nSPS) is 16.9. The van der Waals surface area contributed by atoms with Crippen LogP contribution >= 0.6 is 23.8 Å². The molecule has 5 rings (SSSR count). The molecule has 194 valence electrons. The Morgan fingerprint density at radius 1 is 1.05 bits per heavy atom. The smallest absolute Gasteiger partial charge is 0.226 e. The average molecular weight is 544 g/mol. The molecule has 1 fully saturated rings. The average Bonchev–Trinajstić information content (AvgIpc) is 3.51. The zero-order valence-corrected chi connectivity index (χ0v) is 23.2. The van der Waals surface area contributed by atoms with Gasteiger partial charge in [0.2, 0.25) is 5.91 Å². The number of hydrogen-bond donors (Lipinski definition) is 2. The minimum Gasteiger partial charge on any atom is -0.352 e. The van der Waals surface area contributed by atoms with Gasteiger partial charge in [0, 0.05) is 47.5 Å². The Balaban J connectivity index is 1.45. The fourth-order valence-electron chi connectivity index (χ4n) is 4.92. The molecule has 0 saturated carbocycles. The van der Waals surface area contributed by atoms with Crippen molar-refractivity contribution in [3.63, 3.8) is 0 Å². The Kier molecular flexibility index (Phi) is 7.49. The minimum atomic E-state index is -0.173. The number of nitrogens with one attached hydrogen (secondary N) is 2. The summed E-state index contributed by atoms with van der Waals surface area (Å²) < 4.78 is 2.16. The highest BCUT2D eigenvalue weighted by Gasteiger charge is 2.41. The molecule has 38 heavy (non-hydrogen) atoms. The first-order valence-electron chi connectivity index (χ1n) is 12.6. The van der Waals surface area contributed by atoms with Gasteiger partial charge >= 0.3 is 0 Å². The molecule has 0 aliphatic carbocycles. The minimum absolute atomic E-state index is 0.0507. The van der Waals surface area contributed by atoms with E-state index in [0.717, 1.165) is 44.5 Å². The lowest BCUT2D eigenvalue weighted by atomic mass is 10.0. The highest BCUT2D eigenvalue weighted by atomic mass is 35.5. The number of carbonyl (C=O) groups is 1. The van der Waals surface area contributed by atoms with Crippen molar-refractivity contribution >= 4 is 40.5 Å². The van der Waals surface area contributed by atoms with E-state index in [1.807, 2.05) is 81.6 Å². The molecule has 1 amide bonds. The summed E-state index contributed by atoms with van der Waals surface area (Å²) in [4.78, 5) is 19.7. The van der Waals surface area contributed by atoms with Crippen LogP contribution in [0, 0.1) is 20.8 Å². The molecule has 0 bridgehead atoms. The molecule has 2 aromatic carbocycles. The van der Waals surface area contributed by atoms with Crippen molar-refractivity contribution in [2.24, 2.45) is 0 Å². The summed E-state index contributed by atoms with van der Waals surface area (Å²) in [7, 11) is 0. The zero-order valence-electron chi connectivity index (χ0n) is 21.6. The van der Waals surface area contributed by atoms with E-state index in [4.69, 9.17) is 23.8 Å². The van der Waals surface area contributed by atoms with E-state index < -0.39 is 0 Å². The van der Waals surface area contributed by atoms with Crippen LogP contribution in [0.4, 0.5) is 5.69 Å². The van der Waals surface area contributed by atoms with Crippen LogP contribution in [0.2, 0.25) is 5.02 Å². The maximum Gasteiger partial charge on any atom is 0.226 e. The van der Waals surface area contributed by atoms with Gasteiger partial charge in [-0.15, -0.1) is 0 Å². The third kappa shape index (κ3) is 5.30. The summed E-state index contributed by atoms with van der Waals surface area (Å²) >= 11 is 12.1. The number of anilines is 1. The van der Waals surface area contributed by atoms with Crippen LogP contribution in [0.25, 0.3) is 5.69 Å². The van der Waals surface area contributed by atoms with E-state index >= 15 is 0 Å². The lowest BCUT2D eigenvalue weighted by Crippen LogP contribution is -2.33. The van der Waals surface area contributed by atoms with Gasteiger partial charge in [-0.3, -0.25) is 9.78 Å². The zero-order chi connectivity index (χ0) is 26.8. The fourth-order valence-corrected chi connectivity index (χ4v) is 5.37. The maximum atomic E-state index is 13.0. The Morgan fingerprint density at radius 3 is 2.66 bits per heavy atom. The molecular formula is C30H30ClN5OS. The van der Waals surface area contributed by atoms with Crippen molar-refractivity contribution in [1.29, 1.82) is 0 Å². The summed E-state index contributed by atoms with van der Waals surface area (Å²) in [5, 5.41) is 7.88. The van der Waals surface area contributed by atoms with Crippen molar-refractivity contribution < 1.29 is 4.79 Å².